The van der Waals surface area contributed by atoms with Crippen LogP contribution in [-0.4, -0.2) is 25.0 Å². The highest BCUT2D eigenvalue weighted by atomic mass is 19.3. The summed E-state index contributed by atoms with van der Waals surface area (Å²) >= 11 is 0. The van der Waals surface area contributed by atoms with Crippen molar-refractivity contribution >= 4 is 12.0 Å². The van der Waals surface area contributed by atoms with Gasteiger partial charge >= 0.3 is 17.9 Å². The molecule has 6 heteroatoms. The van der Waals surface area contributed by atoms with Crippen LogP contribution in [0.2, 0.25) is 0 Å². The molecule has 0 spiro atoms. The second-order valence-corrected chi connectivity index (χ2v) is 1.34. The lowest BCUT2D eigenvalue weighted by molar-refractivity contribution is -0.180. The molecule has 0 fully saturated rings. The first-order valence-corrected chi connectivity index (χ1v) is 2.09. The number of esters is 1. The quantitative estimate of drug-likeness (QED) is 0.328. The van der Waals surface area contributed by atoms with Crippen LogP contribution in [0.3, 0.4) is 0 Å². The third-order valence-corrected chi connectivity index (χ3v) is 0.689. The lowest BCUT2D eigenvalue weighted by Gasteiger charge is -2.05. The number of halogens is 3. The smallest absolute Gasteiger partial charge is 0.430 e. The molecule has 0 aliphatic rings. The Hall–Kier alpha value is -1.07. The second kappa shape index (κ2) is 2.68. The zero-order valence-electron chi connectivity index (χ0n) is 4.86. The SMILES string of the molecule is COC(=O)C(F)(F)C(=O)F. The predicted octanol–water partition coefficient (Wildman–Crippen LogP) is 0.291. The summed E-state index contributed by atoms with van der Waals surface area (Å²) in [5, 5.41) is 0. The van der Waals surface area contributed by atoms with Gasteiger partial charge in [0.2, 0.25) is 0 Å². The maximum Gasteiger partial charge on any atom is 0.430 e. The number of hydrogen-bond donors (Lipinski definition) is 0. The average molecular weight is 156 g/mol. The lowest BCUT2D eigenvalue weighted by atomic mass is 10.4. The number of hydrogen-bond acceptors (Lipinski definition) is 3. The molecule has 0 amide bonds. The van der Waals surface area contributed by atoms with E-state index in [2.05, 4.69) is 4.74 Å². The summed E-state index contributed by atoms with van der Waals surface area (Å²) in [5.41, 5.74) is 0. The standard InChI is InChI=1S/C4H3F3O3/c1-10-3(9)4(6,7)2(5)8/h1H3. The predicted molar refractivity (Wildman–Crippen MR) is 23.1 cm³/mol. The van der Waals surface area contributed by atoms with Crippen molar-refractivity contribution < 1.29 is 27.5 Å². The summed E-state index contributed by atoms with van der Waals surface area (Å²) in [6.45, 7) is 0. The molecule has 0 saturated carbocycles. The van der Waals surface area contributed by atoms with Crippen molar-refractivity contribution in [2.45, 2.75) is 5.92 Å². The van der Waals surface area contributed by atoms with Gasteiger partial charge in [-0.15, -0.1) is 0 Å². The molecule has 0 aliphatic heterocycles. The van der Waals surface area contributed by atoms with Crippen LogP contribution in [-0.2, 0) is 14.3 Å². The Morgan fingerprint density at radius 2 is 1.80 bits per heavy atom. The first kappa shape index (κ1) is 8.93. The third kappa shape index (κ3) is 1.46. The van der Waals surface area contributed by atoms with E-state index in [9.17, 15) is 22.8 Å². The first-order valence-electron chi connectivity index (χ1n) is 2.09. The van der Waals surface area contributed by atoms with E-state index in [1.54, 1.807) is 0 Å². The molecule has 10 heavy (non-hydrogen) atoms. The van der Waals surface area contributed by atoms with Crippen LogP contribution in [0.5, 0.6) is 0 Å². The van der Waals surface area contributed by atoms with Gasteiger partial charge in [0.15, 0.2) is 0 Å². The molecule has 0 unspecified atom stereocenters. The van der Waals surface area contributed by atoms with Gasteiger partial charge in [-0.1, -0.05) is 0 Å². The van der Waals surface area contributed by atoms with Crippen LogP contribution < -0.4 is 0 Å². The van der Waals surface area contributed by atoms with Crippen LogP contribution >= 0.6 is 0 Å². The zero-order valence-corrected chi connectivity index (χ0v) is 4.86. The molecular formula is C4H3F3O3. The monoisotopic (exact) mass is 156 g/mol. The van der Waals surface area contributed by atoms with Gasteiger partial charge in [0.1, 0.15) is 0 Å². The van der Waals surface area contributed by atoms with Gasteiger partial charge in [0, 0.05) is 0 Å². The molecule has 0 atom stereocenters. The highest BCUT2D eigenvalue weighted by Crippen LogP contribution is 2.16. The summed E-state index contributed by atoms with van der Waals surface area (Å²) in [6, 6.07) is -3.01. The molecule has 0 aromatic carbocycles. The number of methoxy groups -OCH3 is 1. The maximum atomic E-state index is 11.7. The van der Waals surface area contributed by atoms with Crippen molar-refractivity contribution in [2.75, 3.05) is 7.11 Å². The van der Waals surface area contributed by atoms with Crippen LogP contribution in [0.1, 0.15) is 0 Å². The Morgan fingerprint density at radius 3 is 1.90 bits per heavy atom. The minimum absolute atomic E-state index is 0.624. The van der Waals surface area contributed by atoms with Crippen LogP contribution in [0.4, 0.5) is 13.2 Å². The van der Waals surface area contributed by atoms with Crippen molar-refractivity contribution in [3.63, 3.8) is 0 Å². The fourth-order valence-corrected chi connectivity index (χ4v) is 0.208. The summed E-state index contributed by atoms with van der Waals surface area (Å²) in [7, 11) is 0.624. The first-order chi connectivity index (χ1) is 4.42. The highest BCUT2D eigenvalue weighted by Gasteiger charge is 2.49. The van der Waals surface area contributed by atoms with E-state index in [-0.39, 0.29) is 0 Å². The molecule has 58 valence electrons. The Morgan fingerprint density at radius 1 is 1.40 bits per heavy atom. The summed E-state index contributed by atoms with van der Waals surface area (Å²) < 4.78 is 38.1. The molecule has 0 bridgehead atoms. The fraction of sp³-hybridized carbons (Fsp3) is 0.500. The Labute approximate surface area is 53.8 Å². The molecular weight excluding hydrogens is 153 g/mol. The minimum atomic E-state index is -4.66. The van der Waals surface area contributed by atoms with Crippen molar-refractivity contribution in [3.05, 3.63) is 0 Å². The largest absolute Gasteiger partial charge is 0.464 e. The fourth-order valence-electron chi connectivity index (χ4n) is 0.208. The number of carbonyl (C=O) groups excluding carboxylic acids is 2. The normalized spacial score (nSPS) is 10.8. The van der Waals surface area contributed by atoms with Gasteiger partial charge in [-0.05, 0) is 0 Å². The van der Waals surface area contributed by atoms with Gasteiger partial charge in [-0.2, -0.15) is 13.2 Å². The van der Waals surface area contributed by atoms with E-state index in [0.29, 0.717) is 7.11 Å². The van der Waals surface area contributed by atoms with Gasteiger partial charge < -0.3 is 4.74 Å². The van der Waals surface area contributed by atoms with Gasteiger partial charge in [-0.3, -0.25) is 4.79 Å². The molecule has 0 saturated heterocycles. The summed E-state index contributed by atoms with van der Waals surface area (Å²) in [4.78, 5) is 19.2. The van der Waals surface area contributed by atoms with E-state index in [1.165, 1.54) is 0 Å². The third-order valence-electron chi connectivity index (χ3n) is 0.689. The zero-order chi connectivity index (χ0) is 8.36. The minimum Gasteiger partial charge on any atom is -0.464 e. The van der Waals surface area contributed by atoms with E-state index in [4.69, 9.17) is 0 Å². The van der Waals surface area contributed by atoms with Gasteiger partial charge in [-0.25, -0.2) is 4.79 Å². The topological polar surface area (TPSA) is 43.4 Å². The van der Waals surface area contributed by atoms with Crippen LogP contribution in [0.25, 0.3) is 0 Å². The summed E-state index contributed by atoms with van der Waals surface area (Å²) in [6.07, 6.45) is 0. The molecule has 0 rings (SSSR count). The molecule has 0 heterocycles. The number of alkyl halides is 2. The highest BCUT2D eigenvalue weighted by molar-refractivity contribution is 6.00. The van der Waals surface area contributed by atoms with Gasteiger partial charge in [0.25, 0.3) is 0 Å². The van der Waals surface area contributed by atoms with Crippen molar-refractivity contribution in [1.29, 1.82) is 0 Å². The van der Waals surface area contributed by atoms with E-state index in [1.807, 2.05) is 0 Å². The van der Waals surface area contributed by atoms with Crippen LogP contribution in [0, 0.1) is 0 Å². The molecule has 3 nitrogen and oxygen atoms in total. The number of carbonyl (C=O) groups is 2. The van der Waals surface area contributed by atoms with Gasteiger partial charge in [0.05, 0.1) is 7.11 Å². The number of rotatable bonds is 2. The molecule has 0 aromatic heterocycles. The molecule has 0 aromatic rings. The Kier molecular flexibility index (Phi) is 2.39. The van der Waals surface area contributed by atoms with Crippen molar-refractivity contribution in [1.82, 2.24) is 0 Å². The maximum absolute atomic E-state index is 11.7. The second-order valence-electron chi connectivity index (χ2n) is 1.34. The molecule has 0 aliphatic carbocycles. The molecule has 0 radical (unpaired) electrons. The van der Waals surface area contributed by atoms with E-state index < -0.39 is 17.9 Å². The van der Waals surface area contributed by atoms with E-state index >= 15 is 0 Å². The Balaban J connectivity index is 4.40. The molecule has 0 N–H and O–H groups in total. The average Bonchev–Trinajstić information content (AvgIpc) is 1.86. The summed E-state index contributed by atoms with van der Waals surface area (Å²) in [5.74, 6) is -6.85. The van der Waals surface area contributed by atoms with E-state index in [0.717, 1.165) is 0 Å². The van der Waals surface area contributed by atoms with Crippen molar-refractivity contribution in [3.8, 4) is 0 Å². The Bertz CT molecular complexity index is 165. The number of ether oxygens (including phenoxy) is 1. The van der Waals surface area contributed by atoms with Crippen molar-refractivity contribution in [2.24, 2.45) is 0 Å². The van der Waals surface area contributed by atoms with Crippen LogP contribution in [0.15, 0.2) is 0 Å². The lowest BCUT2D eigenvalue weighted by Crippen LogP contribution is -2.36.